The Morgan fingerprint density at radius 2 is 1.95 bits per heavy atom. The molecular weight excluding hydrogens is 570 g/mol. The minimum absolute atomic E-state index is 0.0161. The molecule has 11 nitrogen and oxygen atoms in total. The van der Waals surface area contributed by atoms with Crippen molar-refractivity contribution in [2.24, 2.45) is 0 Å². The molecule has 0 spiro atoms. The second-order valence-electron chi connectivity index (χ2n) is 11.0. The van der Waals surface area contributed by atoms with E-state index in [-0.39, 0.29) is 18.5 Å². The molecule has 2 unspecified atom stereocenters. The fourth-order valence-corrected chi connectivity index (χ4v) is 10.1. The fraction of sp³-hybridized carbons (Fsp3) is 0.536. The van der Waals surface area contributed by atoms with Crippen LogP contribution in [0.15, 0.2) is 46.7 Å². The lowest BCUT2D eigenvalue weighted by Crippen LogP contribution is -2.68. The normalized spacial score (nSPS) is 24.0. The molecule has 1 saturated carbocycles. The largest absolute Gasteiger partial charge is 0.496 e. The Morgan fingerprint density at radius 1 is 1.24 bits per heavy atom. The summed E-state index contributed by atoms with van der Waals surface area (Å²) in [6.07, 6.45) is 7.13. The molecular formula is C28H35N3O8S2. The van der Waals surface area contributed by atoms with E-state index in [1.165, 1.54) is 43.0 Å². The first-order valence-corrected chi connectivity index (χ1v) is 16.0. The Kier molecular flexibility index (Phi) is 8.14. The molecule has 0 radical (unpaired) electrons. The topological polar surface area (TPSA) is 139 Å². The Hall–Kier alpha value is -3.03. The zero-order chi connectivity index (χ0) is 29.5. The number of sulfonamides is 1. The lowest BCUT2D eigenvalue weighted by atomic mass is 9.97. The fourth-order valence-electron chi connectivity index (χ4n) is 5.80. The number of amides is 2. The lowest BCUT2D eigenvalue weighted by Gasteiger charge is -2.47. The van der Waals surface area contributed by atoms with Gasteiger partial charge in [-0.05, 0) is 45.3 Å². The summed E-state index contributed by atoms with van der Waals surface area (Å²) in [6.45, 7) is 4.08. The molecule has 1 saturated heterocycles. The van der Waals surface area contributed by atoms with E-state index >= 15 is 0 Å². The van der Waals surface area contributed by atoms with Crippen molar-refractivity contribution in [2.45, 2.75) is 81.2 Å². The van der Waals surface area contributed by atoms with E-state index < -0.39 is 44.3 Å². The summed E-state index contributed by atoms with van der Waals surface area (Å²) in [5, 5.41) is 7.93. The highest BCUT2D eigenvalue weighted by Crippen LogP contribution is 2.52. The maximum absolute atomic E-state index is 14.2. The standard InChI is InChI=1S/C28H35N3O8S2/c1-17-22(24-29-14-15-38-24)40-25-23(17)41(35,36)31(28(2,3)26(32)33)27(34)30(25)16-21(39-18-10-6-5-7-11-18)19-12-8-9-13-20(19)37-4/h8-9,12-15,18,21,23,25H,5-7,10-11,16H2,1-4H3,(H,32,33)/t21-,23?,25?/m0/s1. The summed E-state index contributed by atoms with van der Waals surface area (Å²) in [5.74, 6) is -0.612. The van der Waals surface area contributed by atoms with E-state index in [9.17, 15) is 23.1 Å². The second kappa shape index (κ2) is 11.3. The van der Waals surface area contributed by atoms with E-state index in [2.05, 4.69) is 4.98 Å². The lowest BCUT2D eigenvalue weighted by molar-refractivity contribution is -0.145. The molecule has 2 aromatic rings. The smallest absolute Gasteiger partial charge is 0.335 e. The Morgan fingerprint density at radius 3 is 2.59 bits per heavy atom. The highest BCUT2D eigenvalue weighted by molar-refractivity contribution is 8.10. The van der Waals surface area contributed by atoms with Gasteiger partial charge in [0.25, 0.3) is 0 Å². The van der Waals surface area contributed by atoms with Gasteiger partial charge in [0.05, 0.1) is 30.9 Å². The maximum atomic E-state index is 14.2. The highest BCUT2D eigenvalue weighted by Gasteiger charge is 2.61. The Balaban J connectivity index is 1.60. The third kappa shape index (κ3) is 5.23. The van der Waals surface area contributed by atoms with Crippen molar-refractivity contribution in [1.82, 2.24) is 14.2 Å². The zero-order valence-electron chi connectivity index (χ0n) is 23.5. The van der Waals surface area contributed by atoms with Crippen molar-refractivity contribution < 1.29 is 37.0 Å². The second-order valence-corrected chi connectivity index (χ2v) is 14.0. The van der Waals surface area contributed by atoms with Gasteiger partial charge in [-0.1, -0.05) is 49.2 Å². The van der Waals surface area contributed by atoms with Gasteiger partial charge in [-0.3, -0.25) is 0 Å². The van der Waals surface area contributed by atoms with Crippen LogP contribution < -0.4 is 4.74 Å². The van der Waals surface area contributed by atoms with Crippen LogP contribution in [0.1, 0.15) is 70.4 Å². The third-order valence-corrected chi connectivity index (χ3v) is 12.0. The van der Waals surface area contributed by atoms with Crippen LogP contribution in [0.5, 0.6) is 5.75 Å². The summed E-state index contributed by atoms with van der Waals surface area (Å²) in [6, 6.07) is 6.47. The van der Waals surface area contributed by atoms with Crippen molar-refractivity contribution in [1.29, 1.82) is 0 Å². The number of benzene rings is 1. The summed E-state index contributed by atoms with van der Waals surface area (Å²) >= 11 is 1.18. The average molecular weight is 606 g/mol. The van der Waals surface area contributed by atoms with Crippen molar-refractivity contribution in [3.63, 3.8) is 0 Å². The quantitative estimate of drug-likeness (QED) is 0.421. The van der Waals surface area contributed by atoms with E-state index in [4.69, 9.17) is 13.9 Å². The van der Waals surface area contributed by atoms with E-state index in [0.717, 1.165) is 37.7 Å². The van der Waals surface area contributed by atoms with Gasteiger partial charge < -0.3 is 23.9 Å². The summed E-state index contributed by atoms with van der Waals surface area (Å²) < 4.78 is 46.4. The molecule has 1 aromatic heterocycles. The first kappa shape index (κ1) is 29.5. The number of urea groups is 1. The predicted molar refractivity (Wildman–Crippen MR) is 153 cm³/mol. The number of carbonyl (C=O) groups is 2. The van der Waals surface area contributed by atoms with Gasteiger partial charge in [-0.15, -0.1) is 0 Å². The molecule has 2 fully saturated rings. The minimum Gasteiger partial charge on any atom is -0.496 e. The van der Waals surface area contributed by atoms with Crippen molar-refractivity contribution in [2.75, 3.05) is 13.7 Å². The zero-order valence-corrected chi connectivity index (χ0v) is 25.1. The molecule has 0 bridgehead atoms. The number of hydrogen-bond donors (Lipinski definition) is 1. The molecule has 3 heterocycles. The molecule has 41 heavy (non-hydrogen) atoms. The van der Waals surface area contributed by atoms with Gasteiger partial charge in [0, 0.05) is 5.56 Å². The van der Waals surface area contributed by atoms with Crippen molar-refractivity contribution in [3.05, 3.63) is 53.8 Å². The van der Waals surface area contributed by atoms with Crippen LogP contribution in [0.3, 0.4) is 0 Å². The number of rotatable bonds is 9. The molecule has 3 aliphatic rings. The SMILES string of the molecule is COc1ccccc1[C@H](CN1C(=O)N(C(C)(C)C(=O)O)S(=O)(=O)C2C(C)=C(c3ncco3)SC21)OC1CCCCC1. The maximum Gasteiger partial charge on any atom is 0.335 e. The van der Waals surface area contributed by atoms with Gasteiger partial charge in [-0.2, -0.15) is 0 Å². The average Bonchev–Trinajstić information content (AvgIpc) is 3.59. The number of oxazole rings is 1. The number of aromatic nitrogens is 1. The molecule has 2 amide bonds. The van der Waals surface area contributed by atoms with Crippen LogP contribution in [0.4, 0.5) is 4.79 Å². The van der Waals surface area contributed by atoms with Crippen LogP contribution >= 0.6 is 11.8 Å². The van der Waals surface area contributed by atoms with Gasteiger partial charge in [-0.25, -0.2) is 27.3 Å². The molecule has 222 valence electrons. The third-order valence-electron chi connectivity index (χ3n) is 8.00. The number of methoxy groups -OCH3 is 1. The van der Waals surface area contributed by atoms with Gasteiger partial charge in [0.2, 0.25) is 15.9 Å². The predicted octanol–water partition coefficient (Wildman–Crippen LogP) is 4.88. The molecule has 3 atom stereocenters. The van der Waals surface area contributed by atoms with Crippen LogP contribution in [0.25, 0.3) is 4.91 Å². The summed E-state index contributed by atoms with van der Waals surface area (Å²) in [4.78, 5) is 32.7. The first-order chi connectivity index (χ1) is 19.5. The Bertz CT molecular complexity index is 1430. The number of fused-ring (bicyclic) bond motifs is 1. The Labute approximate surface area is 243 Å². The van der Waals surface area contributed by atoms with Gasteiger partial charge >= 0.3 is 12.0 Å². The van der Waals surface area contributed by atoms with E-state index in [0.29, 0.717) is 20.5 Å². The minimum atomic E-state index is -4.45. The molecule has 1 aliphatic carbocycles. The van der Waals surface area contributed by atoms with E-state index in [1.54, 1.807) is 14.0 Å². The monoisotopic (exact) mass is 605 g/mol. The number of carboxylic acid groups (broad SMARTS) is 1. The van der Waals surface area contributed by atoms with Crippen molar-refractivity contribution >= 4 is 38.7 Å². The number of carbonyl (C=O) groups excluding carboxylic acids is 1. The molecule has 5 rings (SSSR count). The highest BCUT2D eigenvalue weighted by atomic mass is 32.2. The van der Waals surface area contributed by atoms with Gasteiger partial charge in [0.15, 0.2) is 5.54 Å². The number of ether oxygens (including phenoxy) is 2. The molecule has 2 aliphatic heterocycles. The summed E-state index contributed by atoms with van der Waals surface area (Å²) in [7, 11) is -2.89. The molecule has 1 N–H and O–H groups in total. The number of thioether (sulfide) groups is 1. The van der Waals surface area contributed by atoms with Gasteiger partial charge in [0.1, 0.15) is 28.7 Å². The van der Waals surface area contributed by atoms with Crippen molar-refractivity contribution in [3.8, 4) is 5.75 Å². The summed E-state index contributed by atoms with van der Waals surface area (Å²) in [5.41, 5.74) is -0.879. The van der Waals surface area contributed by atoms with Crippen LogP contribution in [-0.2, 0) is 19.6 Å². The number of para-hydroxylation sites is 1. The van der Waals surface area contributed by atoms with Crippen LogP contribution in [0.2, 0.25) is 0 Å². The van der Waals surface area contributed by atoms with Crippen LogP contribution in [-0.4, -0.2) is 75.6 Å². The number of carboxylic acids is 1. The number of nitrogens with zero attached hydrogens (tertiary/aromatic N) is 3. The molecule has 1 aromatic carbocycles. The first-order valence-electron chi connectivity index (χ1n) is 13.6. The number of hydrogen-bond acceptors (Lipinski definition) is 9. The van der Waals surface area contributed by atoms with Crippen LogP contribution in [0, 0.1) is 0 Å². The number of aliphatic carboxylic acids is 1. The van der Waals surface area contributed by atoms with E-state index in [1.807, 2.05) is 24.3 Å². The molecule has 13 heteroatoms.